The van der Waals surface area contributed by atoms with Gasteiger partial charge in [0.1, 0.15) is 0 Å². The van der Waals surface area contributed by atoms with Gasteiger partial charge in [0, 0.05) is 6.61 Å². The molecule has 0 spiro atoms. The summed E-state index contributed by atoms with van der Waals surface area (Å²) in [5, 5.41) is 2.73. The summed E-state index contributed by atoms with van der Waals surface area (Å²) in [4.78, 5) is 40.1. The van der Waals surface area contributed by atoms with Gasteiger partial charge in [-0.05, 0) is 18.6 Å². The summed E-state index contributed by atoms with van der Waals surface area (Å²) in [6.45, 7) is 0.365. The molecule has 21 heavy (non-hydrogen) atoms. The lowest BCUT2D eigenvalue weighted by Crippen LogP contribution is -2.46. The first-order chi connectivity index (χ1) is 10.1. The Kier molecular flexibility index (Phi) is 3.22. The highest BCUT2D eigenvalue weighted by Crippen LogP contribution is 2.17. The van der Waals surface area contributed by atoms with Crippen molar-refractivity contribution in [3.05, 3.63) is 34.2 Å². The van der Waals surface area contributed by atoms with Crippen molar-refractivity contribution in [2.45, 2.75) is 18.6 Å². The maximum Gasteiger partial charge on any atom is 0.323 e. The molecule has 5 N–H and O–H groups in total. The monoisotopic (exact) mass is 290 g/mol. The molecule has 2 atom stereocenters. The molecule has 3 rings (SSSR count). The number of rotatable bonds is 3. The van der Waals surface area contributed by atoms with Crippen molar-refractivity contribution in [2.24, 2.45) is 5.73 Å². The lowest BCUT2D eigenvalue weighted by molar-refractivity contribution is -0.127. The zero-order valence-electron chi connectivity index (χ0n) is 11.0. The minimum atomic E-state index is -0.821. The van der Waals surface area contributed by atoms with Gasteiger partial charge in [-0.3, -0.25) is 9.59 Å². The number of benzene rings is 1. The minimum absolute atomic E-state index is 0.320. The Hall–Kier alpha value is -2.61. The second-order valence-electron chi connectivity index (χ2n) is 4.87. The quantitative estimate of drug-likeness (QED) is 0.591. The molecule has 1 aliphatic heterocycles. The number of aromatic amines is 2. The second-order valence-corrected chi connectivity index (χ2v) is 4.87. The molecule has 1 aliphatic rings. The highest BCUT2D eigenvalue weighted by Gasteiger charge is 2.34. The molecule has 0 saturated carbocycles. The van der Waals surface area contributed by atoms with Crippen molar-refractivity contribution in [1.29, 1.82) is 0 Å². The van der Waals surface area contributed by atoms with Crippen LogP contribution in [0.1, 0.15) is 16.8 Å². The summed E-state index contributed by atoms with van der Waals surface area (Å²) < 4.78 is 5.20. The van der Waals surface area contributed by atoms with E-state index < -0.39 is 24.0 Å². The van der Waals surface area contributed by atoms with Crippen LogP contribution >= 0.6 is 0 Å². The second kappa shape index (κ2) is 5.06. The molecule has 1 aromatic heterocycles. The summed E-state index contributed by atoms with van der Waals surface area (Å²) in [6.07, 6.45) is -0.308. The topological polar surface area (TPSA) is 130 Å². The maximum absolute atomic E-state index is 12.3. The van der Waals surface area contributed by atoms with Crippen LogP contribution in [0.5, 0.6) is 0 Å². The fourth-order valence-electron chi connectivity index (χ4n) is 2.51. The van der Waals surface area contributed by atoms with Gasteiger partial charge < -0.3 is 25.8 Å². The highest BCUT2D eigenvalue weighted by atomic mass is 16.5. The highest BCUT2D eigenvalue weighted by molar-refractivity contribution is 6.05. The Balaban J connectivity index is 1.87. The standard InChI is InChI=1S/C13H14N4O4/c14-11(18)10-8(4-5-21-10)15-12(19)6-2-1-3-7-9(6)17-13(20)16-7/h1-3,8,10H,4-5H2,(H2,14,18)(H,15,19)(H2,16,17,20)/t8-,10+/m0/s1. The Labute approximate surface area is 118 Å². The van der Waals surface area contributed by atoms with E-state index in [1.165, 1.54) is 0 Å². The minimum Gasteiger partial charge on any atom is -0.367 e. The van der Waals surface area contributed by atoms with Crippen LogP contribution in [0.25, 0.3) is 11.0 Å². The zero-order chi connectivity index (χ0) is 15.0. The average Bonchev–Trinajstić information content (AvgIpc) is 3.02. The van der Waals surface area contributed by atoms with Gasteiger partial charge in [-0.15, -0.1) is 0 Å². The lowest BCUT2D eigenvalue weighted by atomic mass is 10.1. The van der Waals surface area contributed by atoms with Crippen LogP contribution in [0, 0.1) is 0 Å². The Morgan fingerprint density at radius 1 is 1.33 bits per heavy atom. The number of carbonyl (C=O) groups is 2. The summed E-state index contributed by atoms with van der Waals surface area (Å²) >= 11 is 0. The molecule has 1 fully saturated rings. The molecule has 1 aromatic carbocycles. The molecular formula is C13H14N4O4. The van der Waals surface area contributed by atoms with Crippen LogP contribution in [0.15, 0.2) is 23.0 Å². The molecule has 0 unspecified atom stereocenters. The summed E-state index contributed by atoms with van der Waals surface area (Å²) in [7, 11) is 0. The number of para-hydroxylation sites is 1. The van der Waals surface area contributed by atoms with E-state index in [1.807, 2.05) is 0 Å². The first-order valence-electron chi connectivity index (χ1n) is 6.49. The normalized spacial score (nSPS) is 21.5. The van der Waals surface area contributed by atoms with E-state index in [4.69, 9.17) is 10.5 Å². The summed E-state index contributed by atoms with van der Waals surface area (Å²) in [6, 6.07) is 4.49. The van der Waals surface area contributed by atoms with Gasteiger partial charge in [-0.2, -0.15) is 0 Å². The van der Waals surface area contributed by atoms with Crippen molar-refractivity contribution in [3.8, 4) is 0 Å². The third-order valence-electron chi connectivity index (χ3n) is 3.48. The Bertz CT molecular complexity index is 763. The van der Waals surface area contributed by atoms with Gasteiger partial charge in [-0.25, -0.2) is 4.79 Å². The first kappa shape index (κ1) is 13.4. The fraction of sp³-hybridized carbons (Fsp3) is 0.308. The number of amides is 2. The molecule has 8 heteroatoms. The van der Waals surface area contributed by atoms with Crippen molar-refractivity contribution in [2.75, 3.05) is 6.61 Å². The number of ether oxygens (including phenoxy) is 1. The number of H-pyrrole nitrogens is 2. The molecule has 110 valence electrons. The van der Waals surface area contributed by atoms with E-state index >= 15 is 0 Å². The predicted molar refractivity (Wildman–Crippen MR) is 73.7 cm³/mol. The van der Waals surface area contributed by atoms with E-state index in [9.17, 15) is 14.4 Å². The van der Waals surface area contributed by atoms with E-state index in [-0.39, 0.29) is 5.69 Å². The van der Waals surface area contributed by atoms with Crippen LogP contribution in [0.3, 0.4) is 0 Å². The van der Waals surface area contributed by atoms with Crippen LogP contribution in [0.4, 0.5) is 0 Å². The number of fused-ring (bicyclic) bond motifs is 1. The van der Waals surface area contributed by atoms with Crippen molar-refractivity contribution < 1.29 is 14.3 Å². The van der Waals surface area contributed by atoms with Crippen molar-refractivity contribution in [3.63, 3.8) is 0 Å². The van der Waals surface area contributed by atoms with Gasteiger partial charge in [0.15, 0.2) is 6.10 Å². The molecule has 0 aliphatic carbocycles. The fourth-order valence-corrected chi connectivity index (χ4v) is 2.51. The molecule has 2 amide bonds. The predicted octanol–water partition coefficient (Wildman–Crippen LogP) is -0.771. The van der Waals surface area contributed by atoms with Crippen LogP contribution in [-0.4, -0.2) is 40.5 Å². The molecule has 2 heterocycles. The van der Waals surface area contributed by atoms with Gasteiger partial charge >= 0.3 is 5.69 Å². The zero-order valence-corrected chi connectivity index (χ0v) is 11.0. The maximum atomic E-state index is 12.3. The molecule has 2 aromatic rings. The number of nitrogens with one attached hydrogen (secondary N) is 3. The van der Waals surface area contributed by atoms with Gasteiger partial charge in [0.25, 0.3) is 5.91 Å². The Morgan fingerprint density at radius 3 is 2.90 bits per heavy atom. The summed E-state index contributed by atoms with van der Waals surface area (Å²) in [5.74, 6) is -0.997. The number of imidazole rings is 1. The van der Waals surface area contributed by atoms with E-state index in [1.54, 1.807) is 18.2 Å². The Morgan fingerprint density at radius 2 is 2.14 bits per heavy atom. The van der Waals surface area contributed by atoms with E-state index in [0.717, 1.165) is 0 Å². The smallest absolute Gasteiger partial charge is 0.323 e. The third kappa shape index (κ3) is 2.40. The van der Waals surface area contributed by atoms with Crippen molar-refractivity contribution >= 4 is 22.8 Å². The third-order valence-corrected chi connectivity index (χ3v) is 3.48. The number of nitrogens with two attached hydrogens (primary N) is 1. The lowest BCUT2D eigenvalue weighted by Gasteiger charge is -2.17. The number of hydrogen-bond donors (Lipinski definition) is 4. The molecule has 8 nitrogen and oxygen atoms in total. The van der Waals surface area contributed by atoms with Crippen LogP contribution in [0.2, 0.25) is 0 Å². The summed E-state index contributed by atoms with van der Waals surface area (Å²) in [5.41, 5.74) is 6.13. The average molecular weight is 290 g/mol. The number of aromatic nitrogens is 2. The molecular weight excluding hydrogens is 276 g/mol. The largest absolute Gasteiger partial charge is 0.367 e. The first-order valence-corrected chi connectivity index (χ1v) is 6.49. The number of primary amides is 1. The van der Waals surface area contributed by atoms with Gasteiger partial charge in [0.05, 0.1) is 22.6 Å². The molecule has 0 radical (unpaired) electrons. The van der Waals surface area contributed by atoms with Crippen LogP contribution < -0.4 is 16.7 Å². The SMILES string of the molecule is NC(=O)[C@@H]1OCC[C@@H]1NC(=O)c1cccc2[nH]c(=O)[nH]c12. The van der Waals surface area contributed by atoms with Crippen LogP contribution in [-0.2, 0) is 9.53 Å². The van der Waals surface area contributed by atoms with E-state index in [0.29, 0.717) is 29.6 Å². The van der Waals surface area contributed by atoms with Crippen molar-refractivity contribution in [1.82, 2.24) is 15.3 Å². The number of hydrogen-bond acceptors (Lipinski definition) is 4. The van der Waals surface area contributed by atoms with Gasteiger partial charge in [0.2, 0.25) is 5.91 Å². The molecule has 0 bridgehead atoms. The van der Waals surface area contributed by atoms with E-state index in [2.05, 4.69) is 15.3 Å². The number of carbonyl (C=O) groups excluding carboxylic acids is 2. The molecule has 1 saturated heterocycles. The van der Waals surface area contributed by atoms with Gasteiger partial charge in [-0.1, -0.05) is 6.07 Å².